The van der Waals surface area contributed by atoms with Crippen molar-refractivity contribution in [2.24, 2.45) is 0 Å². The van der Waals surface area contributed by atoms with Crippen LogP contribution < -0.4 is 5.32 Å². The third-order valence-electron chi connectivity index (χ3n) is 5.62. The zero-order valence-electron chi connectivity index (χ0n) is 19.0. The van der Waals surface area contributed by atoms with Crippen molar-refractivity contribution >= 4 is 5.91 Å². The van der Waals surface area contributed by atoms with E-state index >= 15 is 0 Å². The molecule has 2 aromatic carbocycles. The van der Waals surface area contributed by atoms with Gasteiger partial charge in [0.05, 0.1) is 6.54 Å². The number of pyridine rings is 1. The lowest BCUT2D eigenvalue weighted by Crippen LogP contribution is -2.23. The van der Waals surface area contributed by atoms with Crippen molar-refractivity contribution in [1.29, 1.82) is 0 Å². The normalized spacial score (nSPS) is 10.9. The van der Waals surface area contributed by atoms with Gasteiger partial charge in [-0.3, -0.25) is 14.5 Å². The third-order valence-corrected chi connectivity index (χ3v) is 5.62. The summed E-state index contributed by atoms with van der Waals surface area (Å²) in [7, 11) is 0. The zero-order valence-corrected chi connectivity index (χ0v) is 19.0. The number of nitrogens with one attached hydrogen (secondary N) is 1. The summed E-state index contributed by atoms with van der Waals surface area (Å²) in [4.78, 5) is 20.9. The van der Waals surface area contributed by atoms with Crippen molar-refractivity contribution in [2.75, 3.05) is 0 Å². The molecule has 0 aliphatic carbocycles. The Hall–Kier alpha value is -4.59. The van der Waals surface area contributed by atoms with Gasteiger partial charge in [-0.1, -0.05) is 53.7 Å². The van der Waals surface area contributed by atoms with Crippen molar-refractivity contribution in [1.82, 2.24) is 30.2 Å². The first-order chi connectivity index (χ1) is 17.2. The molecule has 5 aromatic rings. The Balaban J connectivity index is 1.17. The van der Waals surface area contributed by atoms with Crippen molar-refractivity contribution in [2.45, 2.75) is 25.9 Å². The van der Waals surface area contributed by atoms with Crippen molar-refractivity contribution in [3.8, 4) is 22.5 Å². The number of hydrogen-bond donors (Lipinski definition) is 1. The van der Waals surface area contributed by atoms with E-state index < -0.39 is 0 Å². The van der Waals surface area contributed by atoms with Gasteiger partial charge in [0, 0.05) is 49.7 Å². The van der Waals surface area contributed by atoms with Crippen LogP contribution in [0.4, 0.5) is 0 Å². The fourth-order valence-electron chi connectivity index (χ4n) is 3.80. The van der Waals surface area contributed by atoms with Crippen LogP contribution in [-0.4, -0.2) is 30.8 Å². The van der Waals surface area contributed by atoms with E-state index in [-0.39, 0.29) is 12.3 Å². The van der Waals surface area contributed by atoms with Crippen molar-refractivity contribution in [3.05, 3.63) is 109 Å². The molecule has 0 aliphatic heterocycles. The van der Waals surface area contributed by atoms with Crippen LogP contribution in [0.1, 0.15) is 23.4 Å². The molecule has 174 valence electrons. The second kappa shape index (κ2) is 10.6. The lowest BCUT2D eigenvalue weighted by Gasteiger charge is -2.12. The molecule has 3 heterocycles. The number of hydrogen-bond acceptors (Lipinski definition) is 6. The number of benzene rings is 2. The summed E-state index contributed by atoms with van der Waals surface area (Å²) in [6.07, 6.45) is 7.72. The summed E-state index contributed by atoms with van der Waals surface area (Å²) < 4.78 is 7.17. The third kappa shape index (κ3) is 5.67. The lowest BCUT2D eigenvalue weighted by atomic mass is 9.98. The van der Waals surface area contributed by atoms with E-state index in [1.807, 2.05) is 47.3 Å². The summed E-state index contributed by atoms with van der Waals surface area (Å²) in [5.41, 5.74) is 5.20. The van der Waals surface area contributed by atoms with Gasteiger partial charge >= 0.3 is 0 Å². The largest absolute Gasteiger partial charge is 0.352 e. The van der Waals surface area contributed by atoms with Gasteiger partial charge in [-0.2, -0.15) is 10.1 Å². The van der Waals surface area contributed by atoms with Crippen molar-refractivity contribution < 1.29 is 9.32 Å². The number of amides is 1. The predicted molar refractivity (Wildman–Crippen MR) is 131 cm³/mol. The minimum Gasteiger partial charge on any atom is -0.352 e. The van der Waals surface area contributed by atoms with E-state index in [1.54, 1.807) is 18.6 Å². The Kier molecular flexibility index (Phi) is 6.70. The molecule has 0 unspecified atom stereocenters. The van der Waals surface area contributed by atoms with Gasteiger partial charge in [-0.05, 0) is 40.5 Å². The number of carbonyl (C=O) groups is 1. The summed E-state index contributed by atoms with van der Waals surface area (Å²) >= 11 is 0. The SMILES string of the molecule is O=C(CCc1nc(-c2cccnc2)no1)NCc1ccccc1-c1ccc(Cn2cccn2)cc1. The standard InChI is InChI=1S/C27H24N6O2/c34-25(12-13-26-31-27(32-35-26)23-6-3-14-28-17-23)29-18-22-5-1-2-7-24(22)21-10-8-20(9-11-21)19-33-16-4-15-30-33/h1-11,14-17H,12-13,18-19H2,(H,29,34). The number of aryl methyl sites for hydroxylation is 1. The molecule has 1 N–H and O–H groups in total. The fourth-order valence-corrected chi connectivity index (χ4v) is 3.80. The molecule has 0 atom stereocenters. The smallest absolute Gasteiger partial charge is 0.227 e. The molecule has 0 spiro atoms. The molecule has 8 heteroatoms. The van der Waals surface area contributed by atoms with Crippen molar-refractivity contribution in [3.63, 3.8) is 0 Å². The summed E-state index contributed by atoms with van der Waals surface area (Å²) in [5, 5.41) is 11.2. The van der Waals surface area contributed by atoms with E-state index in [0.717, 1.165) is 28.8 Å². The van der Waals surface area contributed by atoms with Crippen LogP contribution >= 0.6 is 0 Å². The van der Waals surface area contributed by atoms with Crippen LogP contribution in [0, 0.1) is 0 Å². The van der Waals surface area contributed by atoms with Gasteiger partial charge in [-0.25, -0.2) is 0 Å². The molecule has 0 aliphatic rings. The molecule has 0 radical (unpaired) electrons. The fraction of sp³-hybridized carbons (Fsp3) is 0.148. The molecule has 35 heavy (non-hydrogen) atoms. The molecular weight excluding hydrogens is 440 g/mol. The highest BCUT2D eigenvalue weighted by Gasteiger charge is 2.12. The maximum absolute atomic E-state index is 12.5. The van der Waals surface area contributed by atoms with E-state index in [1.165, 1.54) is 5.56 Å². The molecule has 3 aromatic heterocycles. The molecule has 1 amide bonds. The van der Waals surface area contributed by atoms with Crippen LogP contribution in [0.5, 0.6) is 0 Å². The highest BCUT2D eigenvalue weighted by Crippen LogP contribution is 2.24. The number of aromatic nitrogens is 5. The lowest BCUT2D eigenvalue weighted by molar-refractivity contribution is -0.121. The van der Waals surface area contributed by atoms with Gasteiger partial charge in [-0.15, -0.1) is 0 Å². The van der Waals surface area contributed by atoms with E-state index in [2.05, 4.69) is 55.9 Å². The van der Waals surface area contributed by atoms with Gasteiger partial charge in [0.1, 0.15) is 0 Å². The van der Waals surface area contributed by atoms with Gasteiger partial charge in [0.25, 0.3) is 0 Å². The minimum absolute atomic E-state index is 0.0736. The Morgan fingerprint density at radius 1 is 0.943 bits per heavy atom. The Morgan fingerprint density at radius 2 is 1.83 bits per heavy atom. The van der Waals surface area contributed by atoms with E-state index in [9.17, 15) is 4.79 Å². The highest BCUT2D eigenvalue weighted by molar-refractivity contribution is 5.76. The average Bonchev–Trinajstić information content (AvgIpc) is 3.60. The average molecular weight is 465 g/mol. The number of carbonyl (C=O) groups excluding carboxylic acids is 1. The summed E-state index contributed by atoms with van der Waals surface area (Å²) in [6, 6.07) is 22.1. The molecular formula is C27H24N6O2. The first-order valence-corrected chi connectivity index (χ1v) is 11.4. The number of nitrogens with zero attached hydrogens (tertiary/aromatic N) is 5. The van der Waals surface area contributed by atoms with Gasteiger partial charge < -0.3 is 9.84 Å². The Morgan fingerprint density at radius 3 is 2.63 bits per heavy atom. The second-order valence-electron chi connectivity index (χ2n) is 8.09. The molecule has 5 rings (SSSR count). The summed E-state index contributed by atoms with van der Waals surface area (Å²) in [6.45, 7) is 1.17. The molecule has 8 nitrogen and oxygen atoms in total. The maximum Gasteiger partial charge on any atom is 0.227 e. The number of rotatable bonds is 9. The predicted octanol–water partition coefficient (Wildman–Crippen LogP) is 4.29. The maximum atomic E-state index is 12.5. The van der Waals surface area contributed by atoms with Crippen LogP contribution in [0.2, 0.25) is 0 Å². The van der Waals surface area contributed by atoms with E-state index in [4.69, 9.17) is 4.52 Å². The Labute approximate surface area is 202 Å². The molecule has 0 saturated heterocycles. The van der Waals surface area contributed by atoms with E-state index in [0.29, 0.717) is 24.7 Å². The molecule has 0 bridgehead atoms. The first-order valence-electron chi connectivity index (χ1n) is 11.4. The monoisotopic (exact) mass is 464 g/mol. The van der Waals surface area contributed by atoms with Crippen LogP contribution in [0.25, 0.3) is 22.5 Å². The topological polar surface area (TPSA) is 98.7 Å². The van der Waals surface area contributed by atoms with Crippen LogP contribution in [0.15, 0.2) is 96.0 Å². The molecule has 0 saturated carbocycles. The second-order valence-corrected chi connectivity index (χ2v) is 8.09. The van der Waals surface area contributed by atoms with Gasteiger partial charge in [0.15, 0.2) is 0 Å². The van der Waals surface area contributed by atoms with Gasteiger partial charge in [0.2, 0.25) is 17.6 Å². The summed E-state index contributed by atoms with van der Waals surface area (Å²) in [5.74, 6) is 0.822. The highest BCUT2D eigenvalue weighted by atomic mass is 16.5. The van der Waals surface area contributed by atoms with Crippen LogP contribution in [0.3, 0.4) is 0 Å². The minimum atomic E-state index is -0.0736. The quantitative estimate of drug-likeness (QED) is 0.349. The Bertz CT molecular complexity index is 1380. The molecule has 0 fully saturated rings. The first kappa shape index (κ1) is 22.2. The van der Waals surface area contributed by atoms with Crippen LogP contribution in [-0.2, 0) is 24.3 Å². The zero-order chi connectivity index (χ0) is 23.9.